The Balaban J connectivity index is 1.43. The number of aliphatic hydroxyl groups excluding tert-OH is 1. The Morgan fingerprint density at radius 3 is 2.44 bits per heavy atom. The lowest BCUT2D eigenvalue weighted by molar-refractivity contribution is -0.199. The van der Waals surface area contributed by atoms with Crippen molar-refractivity contribution in [3.8, 4) is 11.1 Å². The van der Waals surface area contributed by atoms with Crippen LogP contribution in [0.25, 0.3) is 11.1 Å². The summed E-state index contributed by atoms with van der Waals surface area (Å²) in [6, 6.07) is 13.7. The van der Waals surface area contributed by atoms with Crippen molar-refractivity contribution in [2.75, 3.05) is 20.2 Å². The van der Waals surface area contributed by atoms with Gasteiger partial charge in [-0.2, -0.15) is 0 Å². The maximum absolute atomic E-state index is 13.4. The first-order chi connectivity index (χ1) is 13.0. The summed E-state index contributed by atoms with van der Waals surface area (Å²) >= 11 is 0. The highest BCUT2D eigenvalue weighted by atomic mass is 19.1. The van der Waals surface area contributed by atoms with E-state index in [2.05, 4.69) is 0 Å². The van der Waals surface area contributed by atoms with Crippen molar-refractivity contribution in [2.24, 2.45) is 5.41 Å². The first-order valence-corrected chi connectivity index (χ1v) is 9.40. The van der Waals surface area contributed by atoms with Gasteiger partial charge in [0.05, 0.1) is 12.2 Å². The largest absolute Gasteiger partial charge is 0.392 e. The first kappa shape index (κ1) is 18.1. The van der Waals surface area contributed by atoms with Crippen LogP contribution >= 0.6 is 0 Å². The van der Waals surface area contributed by atoms with Crippen LogP contribution in [0.5, 0.6) is 0 Å². The summed E-state index contributed by atoms with van der Waals surface area (Å²) in [6.07, 6.45) is 1.98. The number of hydrogen-bond donors (Lipinski definition) is 1. The number of carbonyl (C=O) groups is 1. The number of halogens is 1. The summed E-state index contributed by atoms with van der Waals surface area (Å²) in [7, 11) is 1.69. The molecule has 4 rings (SSSR count). The Labute approximate surface area is 158 Å². The topological polar surface area (TPSA) is 49.8 Å². The van der Waals surface area contributed by atoms with Crippen molar-refractivity contribution in [1.29, 1.82) is 0 Å². The molecule has 2 aromatic carbocycles. The average molecular weight is 369 g/mol. The highest BCUT2D eigenvalue weighted by molar-refractivity contribution is 5.94. The molecule has 2 unspecified atom stereocenters. The fraction of sp³-hybridized carbons (Fsp3) is 0.409. The molecule has 1 saturated carbocycles. The van der Waals surface area contributed by atoms with Crippen LogP contribution in [0.15, 0.2) is 48.5 Å². The Kier molecular flexibility index (Phi) is 4.74. The molecule has 2 aliphatic rings. The molecule has 2 fully saturated rings. The van der Waals surface area contributed by atoms with Crippen molar-refractivity contribution >= 4 is 5.91 Å². The molecule has 0 bridgehead atoms. The second-order valence-corrected chi connectivity index (χ2v) is 7.59. The van der Waals surface area contributed by atoms with Crippen molar-refractivity contribution in [1.82, 2.24) is 4.90 Å². The Hall–Kier alpha value is -2.24. The lowest BCUT2D eigenvalue weighted by Crippen LogP contribution is -2.62. The molecule has 1 aliphatic heterocycles. The molecule has 1 aliphatic carbocycles. The average Bonchev–Trinajstić information content (AvgIpc) is 2.71. The molecule has 1 N–H and O–H groups in total. The van der Waals surface area contributed by atoms with E-state index in [1.54, 1.807) is 25.3 Å². The van der Waals surface area contributed by atoms with E-state index in [0.29, 0.717) is 25.1 Å². The van der Waals surface area contributed by atoms with Gasteiger partial charge in [-0.25, -0.2) is 4.39 Å². The summed E-state index contributed by atoms with van der Waals surface area (Å²) in [5.41, 5.74) is 2.11. The molecule has 1 heterocycles. The minimum atomic E-state index is -0.328. The Bertz CT molecular complexity index is 828. The van der Waals surface area contributed by atoms with Crippen LogP contribution in [0.4, 0.5) is 4.39 Å². The number of hydrogen-bond acceptors (Lipinski definition) is 3. The zero-order valence-electron chi connectivity index (χ0n) is 15.4. The van der Waals surface area contributed by atoms with Gasteiger partial charge in [-0.05, 0) is 48.2 Å². The molecule has 142 valence electrons. The van der Waals surface area contributed by atoms with Crippen molar-refractivity contribution in [2.45, 2.75) is 31.5 Å². The van der Waals surface area contributed by atoms with Gasteiger partial charge in [-0.3, -0.25) is 4.79 Å². The number of methoxy groups -OCH3 is 1. The Morgan fingerprint density at radius 1 is 1.15 bits per heavy atom. The minimum absolute atomic E-state index is 0.00146. The summed E-state index contributed by atoms with van der Waals surface area (Å²) in [6.45, 7) is 1.25. The highest BCUT2D eigenvalue weighted by Crippen LogP contribution is 2.50. The van der Waals surface area contributed by atoms with Gasteiger partial charge in [-0.1, -0.05) is 24.3 Å². The van der Waals surface area contributed by atoms with Gasteiger partial charge in [0.15, 0.2) is 0 Å². The molecule has 1 spiro atoms. The number of ether oxygens (including phenoxy) is 1. The second-order valence-electron chi connectivity index (χ2n) is 7.59. The van der Waals surface area contributed by atoms with Gasteiger partial charge in [0.25, 0.3) is 5.91 Å². The molecule has 1 saturated heterocycles. The molecule has 4 nitrogen and oxygen atoms in total. The standard InChI is InChI=1S/C22H24FNO3/c1-27-20-14-19(25)22(20)9-11-24(12-10-22)21(26)16-7-5-15(6-8-16)17-3-2-4-18(23)13-17/h2-8,13,19-20,25H,9-12,14H2,1H3. The van der Waals surface area contributed by atoms with Crippen molar-refractivity contribution < 1.29 is 19.0 Å². The fourth-order valence-electron chi connectivity index (χ4n) is 4.49. The number of piperidine rings is 1. The number of benzene rings is 2. The summed E-state index contributed by atoms with van der Waals surface area (Å²) in [4.78, 5) is 14.7. The smallest absolute Gasteiger partial charge is 0.253 e. The molecule has 2 aromatic rings. The maximum Gasteiger partial charge on any atom is 0.253 e. The van der Waals surface area contributed by atoms with Crippen LogP contribution in [0.3, 0.4) is 0 Å². The molecular formula is C22H24FNO3. The van der Waals surface area contributed by atoms with Gasteiger partial charge >= 0.3 is 0 Å². The van der Waals surface area contributed by atoms with Crippen molar-refractivity contribution in [3.05, 3.63) is 59.9 Å². The number of rotatable bonds is 3. The normalized spacial score (nSPS) is 23.9. The van der Waals surface area contributed by atoms with Crippen LogP contribution in [0.1, 0.15) is 29.6 Å². The molecule has 27 heavy (non-hydrogen) atoms. The molecular weight excluding hydrogens is 345 g/mol. The molecule has 0 aromatic heterocycles. The first-order valence-electron chi connectivity index (χ1n) is 9.40. The van der Waals surface area contributed by atoms with Gasteiger partial charge in [-0.15, -0.1) is 0 Å². The van der Waals surface area contributed by atoms with E-state index in [1.165, 1.54) is 12.1 Å². The second kappa shape index (κ2) is 7.06. The van der Waals surface area contributed by atoms with E-state index in [9.17, 15) is 14.3 Å². The zero-order valence-corrected chi connectivity index (χ0v) is 15.4. The zero-order chi connectivity index (χ0) is 19.0. The third kappa shape index (κ3) is 3.15. The Morgan fingerprint density at radius 2 is 1.85 bits per heavy atom. The molecule has 1 amide bonds. The van der Waals surface area contributed by atoms with E-state index >= 15 is 0 Å². The van der Waals surface area contributed by atoms with Crippen LogP contribution in [-0.2, 0) is 4.74 Å². The third-order valence-electron chi connectivity index (χ3n) is 6.30. The van der Waals surface area contributed by atoms with Crippen LogP contribution in [-0.4, -0.2) is 48.3 Å². The van der Waals surface area contributed by atoms with Crippen LogP contribution < -0.4 is 0 Å². The van der Waals surface area contributed by atoms with Crippen LogP contribution in [0.2, 0.25) is 0 Å². The summed E-state index contributed by atoms with van der Waals surface area (Å²) in [5, 5.41) is 10.2. The van der Waals surface area contributed by atoms with E-state index in [4.69, 9.17) is 4.74 Å². The van der Waals surface area contributed by atoms with Gasteiger partial charge in [0, 0.05) is 37.6 Å². The lowest BCUT2D eigenvalue weighted by Gasteiger charge is -2.56. The number of aliphatic hydroxyl groups is 1. The fourth-order valence-corrected chi connectivity index (χ4v) is 4.49. The number of amides is 1. The quantitative estimate of drug-likeness (QED) is 0.901. The molecule has 0 radical (unpaired) electrons. The van der Waals surface area contributed by atoms with E-state index < -0.39 is 0 Å². The van der Waals surface area contributed by atoms with Crippen molar-refractivity contribution in [3.63, 3.8) is 0 Å². The number of carbonyl (C=O) groups excluding carboxylic acids is 1. The van der Waals surface area contributed by atoms with Gasteiger partial charge in [0.1, 0.15) is 5.82 Å². The molecule has 2 atom stereocenters. The number of likely N-dealkylation sites (tertiary alicyclic amines) is 1. The summed E-state index contributed by atoms with van der Waals surface area (Å²) < 4.78 is 18.9. The number of nitrogens with zero attached hydrogens (tertiary/aromatic N) is 1. The minimum Gasteiger partial charge on any atom is -0.392 e. The lowest BCUT2D eigenvalue weighted by atomic mass is 9.58. The SMILES string of the molecule is COC1CC(O)C12CCN(C(=O)c1ccc(-c3cccc(F)c3)cc1)CC2. The van der Waals surface area contributed by atoms with E-state index in [-0.39, 0.29) is 29.3 Å². The molecule has 5 heteroatoms. The predicted octanol–water partition coefficient (Wildman–Crippen LogP) is 3.49. The maximum atomic E-state index is 13.4. The van der Waals surface area contributed by atoms with E-state index in [1.807, 2.05) is 23.1 Å². The van der Waals surface area contributed by atoms with Gasteiger partial charge in [0.2, 0.25) is 0 Å². The monoisotopic (exact) mass is 369 g/mol. The predicted molar refractivity (Wildman–Crippen MR) is 101 cm³/mol. The highest BCUT2D eigenvalue weighted by Gasteiger charge is 2.56. The third-order valence-corrected chi connectivity index (χ3v) is 6.30. The summed E-state index contributed by atoms with van der Waals surface area (Å²) in [5.74, 6) is -0.277. The van der Waals surface area contributed by atoms with E-state index in [0.717, 1.165) is 24.0 Å². The van der Waals surface area contributed by atoms with Crippen LogP contribution in [0, 0.1) is 11.2 Å². The van der Waals surface area contributed by atoms with Gasteiger partial charge < -0.3 is 14.7 Å².